The van der Waals surface area contributed by atoms with E-state index in [9.17, 15) is 13.2 Å². The Kier molecular flexibility index (Phi) is 6.16. The van der Waals surface area contributed by atoms with Gasteiger partial charge in [0.2, 0.25) is 10.0 Å². The molecular weight excluding hydrogens is 374 g/mol. The first-order valence-electron chi connectivity index (χ1n) is 9.30. The van der Waals surface area contributed by atoms with Gasteiger partial charge in [-0.2, -0.15) is 0 Å². The van der Waals surface area contributed by atoms with Gasteiger partial charge < -0.3 is 10.3 Å². The van der Waals surface area contributed by atoms with Crippen LogP contribution in [0, 0.1) is 5.92 Å². The first-order valence-corrected chi connectivity index (χ1v) is 10.8. The summed E-state index contributed by atoms with van der Waals surface area (Å²) in [6.07, 6.45) is 2.63. The molecule has 3 N–H and O–H groups in total. The average Bonchev–Trinajstić information content (AvgIpc) is 3.10. The molecule has 6 nitrogen and oxygen atoms in total. The molecule has 148 valence electrons. The Morgan fingerprint density at radius 2 is 1.89 bits per heavy atom. The Bertz CT molecular complexity index is 1070. The van der Waals surface area contributed by atoms with Gasteiger partial charge in [-0.3, -0.25) is 4.79 Å². The predicted octanol–water partition coefficient (Wildman–Crippen LogP) is 3.07. The van der Waals surface area contributed by atoms with Crippen LogP contribution in [0.15, 0.2) is 59.6 Å². The maximum Gasteiger partial charge on any atom is 0.251 e. The highest BCUT2D eigenvalue weighted by molar-refractivity contribution is 7.89. The summed E-state index contributed by atoms with van der Waals surface area (Å²) in [5.41, 5.74) is 2.52. The molecule has 3 rings (SSSR count). The number of hydrogen-bond acceptors (Lipinski definition) is 3. The maximum atomic E-state index is 12.4. The van der Waals surface area contributed by atoms with Crippen molar-refractivity contribution in [3.63, 3.8) is 0 Å². The maximum absolute atomic E-state index is 12.4. The topological polar surface area (TPSA) is 91.1 Å². The van der Waals surface area contributed by atoms with E-state index in [1.165, 1.54) is 12.1 Å². The van der Waals surface area contributed by atoms with Crippen molar-refractivity contribution >= 4 is 26.8 Å². The van der Waals surface area contributed by atoms with Crippen molar-refractivity contribution in [3.05, 3.63) is 65.9 Å². The number of H-pyrrole nitrogens is 1. The highest BCUT2D eigenvalue weighted by atomic mass is 32.2. The smallest absolute Gasteiger partial charge is 0.251 e. The fraction of sp³-hybridized carbons (Fsp3) is 0.286. The van der Waals surface area contributed by atoms with Gasteiger partial charge >= 0.3 is 0 Å². The molecule has 1 amide bonds. The zero-order valence-corrected chi connectivity index (χ0v) is 16.8. The zero-order chi connectivity index (χ0) is 20.1. The molecule has 0 atom stereocenters. The molecule has 0 bridgehead atoms. The van der Waals surface area contributed by atoms with Crippen molar-refractivity contribution in [1.82, 2.24) is 15.0 Å². The molecule has 3 aromatic rings. The van der Waals surface area contributed by atoms with Crippen molar-refractivity contribution in [2.45, 2.75) is 25.2 Å². The molecule has 7 heteroatoms. The van der Waals surface area contributed by atoms with Crippen LogP contribution in [0.5, 0.6) is 0 Å². The van der Waals surface area contributed by atoms with Crippen molar-refractivity contribution in [2.24, 2.45) is 5.92 Å². The largest absolute Gasteiger partial charge is 0.361 e. The Balaban J connectivity index is 1.63. The third-order valence-electron chi connectivity index (χ3n) is 4.44. The van der Waals surface area contributed by atoms with Crippen molar-refractivity contribution in [2.75, 3.05) is 13.1 Å². The highest BCUT2D eigenvalue weighted by Gasteiger charge is 2.16. The quantitative estimate of drug-likeness (QED) is 0.544. The number of amides is 1. The van der Waals surface area contributed by atoms with Crippen LogP contribution in [0.2, 0.25) is 0 Å². The van der Waals surface area contributed by atoms with Crippen LogP contribution < -0.4 is 10.0 Å². The van der Waals surface area contributed by atoms with Crippen LogP contribution in [0.1, 0.15) is 29.8 Å². The molecule has 0 aliphatic carbocycles. The Labute approximate surface area is 165 Å². The number of aromatic amines is 1. The van der Waals surface area contributed by atoms with Crippen LogP contribution in [-0.2, 0) is 16.4 Å². The number of nitrogens with one attached hydrogen (secondary N) is 3. The van der Waals surface area contributed by atoms with Gasteiger partial charge in [0.1, 0.15) is 0 Å². The second kappa shape index (κ2) is 8.58. The molecule has 0 saturated heterocycles. The van der Waals surface area contributed by atoms with Gasteiger partial charge in [-0.15, -0.1) is 0 Å². The predicted molar refractivity (Wildman–Crippen MR) is 111 cm³/mol. The van der Waals surface area contributed by atoms with Crippen LogP contribution in [-0.4, -0.2) is 32.4 Å². The number of aromatic nitrogens is 1. The molecule has 0 aliphatic heterocycles. The van der Waals surface area contributed by atoms with Gasteiger partial charge in [0, 0.05) is 35.8 Å². The van der Waals surface area contributed by atoms with E-state index in [0.717, 1.165) is 16.5 Å². The van der Waals surface area contributed by atoms with Gasteiger partial charge in [-0.05, 0) is 42.2 Å². The summed E-state index contributed by atoms with van der Waals surface area (Å²) >= 11 is 0. The Morgan fingerprint density at radius 3 is 2.68 bits per heavy atom. The minimum atomic E-state index is -3.63. The molecule has 0 radical (unpaired) electrons. The number of carbonyl (C=O) groups is 1. The summed E-state index contributed by atoms with van der Waals surface area (Å²) < 4.78 is 27.3. The second-order valence-corrected chi connectivity index (χ2v) is 8.91. The molecule has 0 saturated carbocycles. The van der Waals surface area contributed by atoms with E-state index in [0.29, 0.717) is 25.1 Å². The summed E-state index contributed by atoms with van der Waals surface area (Å²) in [6, 6.07) is 14.1. The number of rotatable bonds is 8. The minimum Gasteiger partial charge on any atom is -0.361 e. The summed E-state index contributed by atoms with van der Waals surface area (Å²) in [7, 11) is -3.63. The van der Waals surface area contributed by atoms with Crippen molar-refractivity contribution < 1.29 is 13.2 Å². The standard InChI is InChI=1S/C21H25N3O3S/c1-15(2)13-24-28(26,27)18-7-5-6-16(12-18)21(25)22-11-10-17-14-23-20-9-4-3-8-19(17)20/h3-9,12,14-15,23-24H,10-11,13H2,1-2H3,(H,22,25). The third kappa shape index (κ3) is 4.79. The fourth-order valence-electron chi connectivity index (χ4n) is 2.92. The van der Waals surface area contributed by atoms with Gasteiger partial charge in [-0.25, -0.2) is 13.1 Å². The molecule has 2 aromatic carbocycles. The molecule has 0 aliphatic rings. The van der Waals surface area contributed by atoms with E-state index in [1.54, 1.807) is 12.1 Å². The Morgan fingerprint density at radius 1 is 1.11 bits per heavy atom. The molecule has 0 fully saturated rings. The zero-order valence-electron chi connectivity index (χ0n) is 16.0. The van der Waals surface area contributed by atoms with Crippen LogP contribution >= 0.6 is 0 Å². The van der Waals surface area contributed by atoms with Gasteiger partial charge in [-0.1, -0.05) is 38.1 Å². The number of carbonyl (C=O) groups excluding carboxylic acids is 1. The summed E-state index contributed by atoms with van der Waals surface area (Å²) in [6.45, 7) is 4.67. The van der Waals surface area contributed by atoms with E-state index in [4.69, 9.17) is 0 Å². The second-order valence-electron chi connectivity index (χ2n) is 7.14. The first-order chi connectivity index (χ1) is 13.4. The van der Waals surface area contributed by atoms with Gasteiger partial charge in [0.25, 0.3) is 5.91 Å². The molecule has 0 spiro atoms. The van der Waals surface area contributed by atoms with Crippen LogP contribution in [0.3, 0.4) is 0 Å². The number of benzene rings is 2. The Hall–Kier alpha value is -2.64. The van der Waals surface area contributed by atoms with E-state index in [2.05, 4.69) is 15.0 Å². The van der Waals surface area contributed by atoms with Crippen LogP contribution in [0.4, 0.5) is 0 Å². The van der Waals surface area contributed by atoms with Gasteiger partial charge in [0.05, 0.1) is 4.90 Å². The molecular formula is C21H25N3O3S. The highest BCUT2D eigenvalue weighted by Crippen LogP contribution is 2.18. The fourth-order valence-corrected chi connectivity index (χ4v) is 4.17. The lowest BCUT2D eigenvalue weighted by Gasteiger charge is -2.10. The number of hydrogen-bond donors (Lipinski definition) is 3. The molecule has 28 heavy (non-hydrogen) atoms. The lowest BCUT2D eigenvalue weighted by Crippen LogP contribution is -2.28. The molecule has 1 heterocycles. The summed E-state index contributed by atoms with van der Waals surface area (Å²) in [5, 5.41) is 4.00. The van der Waals surface area contributed by atoms with Crippen molar-refractivity contribution in [1.29, 1.82) is 0 Å². The minimum absolute atomic E-state index is 0.0948. The van der Waals surface area contributed by atoms with Gasteiger partial charge in [0.15, 0.2) is 0 Å². The number of sulfonamides is 1. The monoisotopic (exact) mass is 399 g/mol. The van der Waals surface area contributed by atoms with Crippen molar-refractivity contribution in [3.8, 4) is 0 Å². The third-order valence-corrected chi connectivity index (χ3v) is 5.86. The van der Waals surface area contributed by atoms with E-state index >= 15 is 0 Å². The SMILES string of the molecule is CC(C)CNS(=O)(=O)c1cccc(C(=O)NCCc2c[nH]c3ccccc23)c1. The normalized spacial score (nSPS) is 11.8. The van der Waals surface area contributed by atoms with Crippen LogP contribution in [0.25, 0.3) is 10.9 Å². The van der Waals surface area contributed by atoms with E-state index in [1.807, 2.05) is 44.3 Å². The molecule has 0 unspecified atom stereocenters. The summed E-state index contributed by atoms with van der Waals surface area (Å²) in [5.74, 6) is -0.0912. The molecule has 1 aromatic heterocycles. The lowest BCUT2D eigenvalue weighted by molar-refractivity contribution is 0.0954. The summed E-state index contributed by atoms with van der Waals surface area (Å²) in [4.78, 5) is 15.8. The first kappa shape index (κ1) is 20.1. The number of para-hydroxylation sites is 1. The number of fused-ring (bicyclic) bond motifs is 1. The van der Waals surface area contributed by atoms with E-state index < -0.39 is 10.0 Å². The van der Waals surface area contributed by atoms with E-state index in [-0.39, 0.29) is 16.7 Å². The lowest BCUT2D eigenvalue weighted by atomic mass is 10.1. The average molecular weight is 400 g/mol.